The quantitative estimate of drug-likeness (QED) is 0.238. The van der Waals surface area contributed by atoms with E-state index in [0.717, 1.165) is 0 Å². The number of nitrogens with one attached hydrogen (secondary N) is 1. The molecule has 7 heteroatoms. The highest BCUT2D eigenvalue weighted by Gasteiger charge is 2.17. The number of aliphatic hydroxyl groups excluding tert-OH is 1. The molecule has 0 fully saturated rings. The Hall–Kier alpha value is -1.31. The smallest absolute Gasteiger partial charge is 0.252 e. The van der Waals surface area contributed by atoms with Gasteiger partial charge in [-0.3, -0.25) is 10.2 Å². The van der Waals surface area contributed by atoms with Gasteiger partial charge in [-0.1, -0.05) is 0 Å². The molecule has 0 radical (unpaired) electrons. The van der Waals surface area contributed by atoms with Crippen LogP contribution < -0.4 is 17.2 Å². The Morgan fingerprint density at radius 2 is 2.00 bits per heavy atom. The lowest BCUT2D eigenvalue weighted by atomic mass is 10.2. The number of nitrogens with zero attached hydrogens (tertiary/aromatic N) is 1. The molecule has 0 aliphatic carbocycles. The first-order valence-electron chi connectivity index (χ1n) is 3.55. The van der Waals surface area contributed by atoms with Crippen LogP contribution >= 0.6 is 0 Å². The molecule has 74 valence electrons. The van der Waals surface area contributed by atoms with Crippen LogP contribution in [0.15, 0.2) is 4.99 Å². The van der Waals surface area contributed by atoms with Crippen molar-refractivity contribution in [2.24, 2.45) is 22.2 Å². The van der Waals surface area contributed by atoms with Gasteiger partial charge in [-0.05, 0) is 0 Å². The summed E-state index contributed by atoms with van der Waals surface area (Å²) in [6.07, 6.45) is -1.54. The molecule has 0 bridgehead atoms. The number of nitrogens with two attached hydrogens (primary N) is 3. The van der Waals surface area contributed by atoms with Gasteiger partial charge >= 0.3 is 0 Å². The molecule has 0 aliphatic heterocycles. The van der Waals surface area contributed by atoms with Gasteiger partial charge in [0.25, 0.3) is 5.91 Å². The van der Waals surface area contributed by atoms with Crippen LogP contribution in [0.2, 0.25) is 0 Å². The van der Waals surface area contributed by atoms with E-state index < -0.39 is 12.0 Å². The van der Waals surface area contributed by atoms with Crippen LogP contribution in [0.25, 0.3) is 0 Å². The predicted molar refractivity (Wildman–Crippen MR) is 48.5 cm³/mol. The van der Waals surface area contributed by atoms with E-state index in [1.54, 1.807) is 0 Å². The normalized spacial score (nSPS) is 13.9. The zero-order valence-corrected chi connectivity index (χ0v) is 7.03. The van der Waals surface area contributed by atoms with Gasteiger partial charge in [0.05, 0.1) is 12.3 Å². The van der Waals surface area contributed by atoms with E-state index in [2.05, 4.69) is 4.99 Å². The summed E-state index contributed by atoms with van der Waals surface area (Å²) in [5.41, 5.74) is 15.0. The third-order valence-electron chi connectivity index (χ3n) is 1.27. The molecule has 13 heavy (non-hydrogen) atoms. The molecule has 0 aromatic heterocycles. The molecule has 8 N–H and O–H groups in total. The number of aliphatic hydroxyl groups is 1. The van der Waals surface area contributed by atoms with Crippen molar-refractivity contribution in [3.63, 3.8) is 0 Å². The fourth-order valence-corrected chi connectivity index (χ4v) is 0.602. The summed E-state index contributed by atoms with van der Waals surface area (Å²) < 4.78 is 0. The van der Waals surface area contributed by atoms with Gasteiger partial charge in [-0.15, -0.1) is 0 Å². The fraction of sp³-hybridized carbons (Fsp3) is 0.500. The van der Waals surface area contributed by atoms with E-state index in [4.69, 9.17) is 27.7 Å². The van der Waals surface area contributed by atoms with Crippen molar-refractivity contribution in [2.45, 2.75) is 6.10 Å². The third kappa shape index (κ3) is 3.74. The Bertz CT molecular complexity index is 237. The standard InChI is InChI=1S/C6H13N5O2/c7-1-3(5(12)6(10)13)11-4(9)2-8/h5,9,12H,1-2,7-8H2,(H2,10,13). The Kier molecular flexibility index (Phi) is 4.82. The summed E-state index contributed by atoms with van der Waals surface area (Å²) in [7, 11) is 0. The number of amidine groups is 1. The number of aliphatic imine (C=N–C) groups is 1. The Labute approximate surface area is 75.1 Å². The van der Waals surface area contributed by atoms with E-state index in [9.17, 15) is 4.79 Å². The molecule has 0 aromatic rings. The topological polar surface area (TPSA) is 152 Å². The van der Waals surface area contributed by atoms with Crippen molar-refractivity contribution in [1.29, 1.82) is 5.41 Å². The highest BCUT2D eigenvalue weighted by molar-refractivity contribution is 6.11. The zero-order valence-electron chi connectivity index (χ0n) is 7.03. The lowest BCUT2D eigenvalue weighted by molar-refractivity contribution is -0.123. The molecule has 7 nitrogen and oxygen atoms in total. The van der Waals surface area contributed by atoms with Gasteiger partial charge in [-0.25, -0.2) is 4.99 Å². The van der Waals surface area contributed by atoms with Crippen LogP contribution in [0.4, 0.5) is 0 Å². The SMILES string of the molecule is N=C(CN)N=C(CN)C(O)C(N)=O. The van der Waals surface area contributed by atoms with Gasteiger partial charge in [-0.2, -0.15) is 0 Å². The minimum atomic E-state index is -1.54. The van der Waals surface area contributed by atoms with Crippen molar-refractivity contribution >= 4 is 17.5 Å². The molecular formula is C6H13N5O2. The van der Waals surface area contributed by atoms with Crippen molar-refractivity contribution in [2.75, 3.05) is 13.1 Å². The predicted octanol–water partition coefficient (Wildman–Crippen LogP) is -2.83. The Morgan fingerprint density at radius 3 is 2.31 bits per heavy atom. The number of amides is 1. The molecule has 0 rings (SSSR count). The number of hydrogen-bond donors (Lipinski definition) is 5. The van der Waals surface area contributed by atoms with Gasteiger partial charge in [0.15, 0.2) is 6.10 Å². The first-order valence-corrected chi connectivity index (χ1v) is 3.55. The van der Waals surface area contributed by atoms with Crippen LogP contribution in [0.1, 0.15) is 0 Å². The molecular weight excluding hydrogens is 174 g/mol. The lowest BCUT2D eigenvalue weighted by Gasteiger charge is -2.07. The van der Waals surface area contributed by atoms with Crippen LogP contribution in [-0.2, 0) is 4.79 Å². The highest BCUT2D eigenvalue weighted by atomic mass is 16.3. The van der Waals surface area contributed by atoms with Crippen LogP contribution in [0.3, 0.4) is 0 Å². The summed E-state index contributed by atoms with van der Waals surface area (Å²) in [5, 5.41) is 16.2. The molecule has 0 aromatic carbocycles. The molecule has 1 unspecified atom stereocenters. The van der Waals surface area contributed by atoms with Crippen molar-refractivity contribution in [3.8, 4) is 0 Å². The zero-order chi connectivity index (χ0) is 10.4. The maximum absolute atomic E-state index is 10.5. The molecule has 0 spiro atoms. The Balaban J connectivity index is 4.58. The molecule has 0 aliphatic rings. The second-order valence-corrected chi connectivity index (χ2v) is 2.26. The summed E-state index contributed by atoms with van der Waals surface area (Å²) >= 11 is 0. The minimum Gasteiger partial charge on any atom is -0.377 e. The number of rotatable bonds is 4. The first-order chi connectivity index (χ1) is 6.02. The van der Waals surface area contributed by atoms with Crippen molar-refractivity contribution < 1.29 is 9.90 Å². The number of carbonyl (C=O) groups is 1. The second-order valence-electron chi connectivity index (χ2n) is 2.26. The first kappa shape index (κ1) is 11.7. The maximum atomic E-state index is 10.5. The summed E-state index contributed by atoms with van der Waals surface area (Å²) in [6, 6.07) is 0. The summed E-state index contributed by atoms with van der Waals surface area (Å²) in [6.45, 7) is -0.235. The van der Waals surface area contributed by atoms with Crippen LogP contribution in [0.5, 0.6) is 0 Å². The average Bonchev–Trinajstić information content (AvgIpc) is 2.12. The third-order valence-corrected chi connectivity index (χ3v) is 1.27. The van der Waals surface area contributed by atoms with Gasteiger partial charge in [0.2, 0.25) is 0 Å². The van der Waals surface area contributed by atoms with E-state index in [-0.39, 0.29) is 24.6 Å². The van der Waals surface area contributed by atoms with E-state index >= 15 is 0 Å². The molecule has 0 saturated heterocycles. The van der Waals surface area contributed by atoms with Crippen LogP contribution in [-0.4, -0.2) is 41.8 Å². The van der Waals surface area contributed by atoms with Gasteiger partial charge in [0, 0.05) is 6.54 Å². The monoisotopic (exact) mass is 187 g/mol. The molecule has 0 saturated carbocycles. The molecule has 1 amide bonds. The van der Waals surface area contributed by atoms with Crippen molar-refractivity contribution in [3.05, 3.63) is 0 Å². The van der Waals surface area contributed by atoms with E-state index in [1.165, 1.54) is 0 Å². The minimum absolute atomic E-state index is 0.0528. The largest absolute Gasteiger partial charge is 0.377 e. The summed E-state index contributed by atoms with van der Waals surface area (Å²) in [4.78, 5) is 14.0. The fourth-order valence-electron chi connectivity index (χ4n) is 0.602. The maximum Gasteiger partial charge on any atom is 0.252 e. The lowest BCUT2D eigenvalue weighted by Crippen LogP contribution is -2.40. The number of hydrogen-bond acceptors (Lipinski definition) is 5. The molecule has 1 atom stereocenters. The highest BCUT2D eigenvalue weighted by Crippen LogP contribution is 1.88. The Morgan fingerprint density at radius 1 is 1.46 bits per heavy atom. The van der Waals surface area contributed by atoms with Gasteiger partial charge < -0.3 is 22.3 Å². The molecule has 0 heterocycles. The van der Waals surface area contributed by atoms with Crippen molar-refractivity contribution in [1.82, 2.24) is 0 Å². The number of carbonyl (C=O) groups excluding carboxylic acids is 1. The van der Waals surface area contributed by atoms with Crippen LogP contribution in [0, 0.1) is 5.41 Å². The summed E-state index contributed by atoms with van der Waals surface area (Å²) in [5.74, 6) is -1.12. The van der Waals surface area contributed by atoms with Gasteiger partial charge in [0.1, 0.15) is 5.84 Å². The average molecular weight is 187 g/mol. The van der Waals surface area contributed by atoms with E-state index in [0.29, 0.717) is 0 Å². The second kappa shape index (κ2) is 5.36. The van der Waals surface area contributed by atoms with E-state index in [1.807, 2.05) is 0 Å². The number of primary amides is 1.